The zero-order valence-electron chi connectivity index (χ0n) is 12.7. The van der Waals surface area contributed by atoms with Gasteiger partial charge in [0.1, 0.15) is 6.33 Å². The highest BCUT2D eigenvalue weighted by Crippen LogP contribution is 2.41. The van der Waals surface area contributed by atoms with Crippen LogP contribution in [0.2, 0.25) is 0 Å². The summed E-state index contributed by atoms with van der Waals surface area (Å²) in [5.74, 6) is 1.06. The zero-order chi connectivity index (χ0) is 15.1. The third kappa shape index (κ3) is 2.30. The maximum atomic E-state index is 12.6. The van der Waals surface area contributed by atoms with Gasteiger partial charge >= 0.3 is 0 Å². The molecule has 5 heteroatoms. The van der Waals surface area contributed by atoms with Gasteiger partial charge in [-0.25, -0.2) is 9.97 Å². The smallest absolute Gasteiger partial charge is 0.289 e. The molecule has 0 radical (unpaired) electrons. The SMILES string of the molecule is Cc1ccoc1C(=O)N1CCc2ncnc(C3CC3)c2CC1. The number of carbonyl (C=O) groups is 1. The molecule has 0 unspecified atom stereocenters. The first-order valence-electron chi connectivity index (χ1n) is 7.90. The second kappa shape index (κ2) is 5.23. The van der Waals surface area contributed by atoms with Crippen LogP contribution in [0.15, 0.2) is 23.1 Å². The molecule has 1 aliphatic carbocycles. The Morgan fingerprint density at radius 2 is 2.09 bits per heavy atom. The molecule has 0 spiro atoms. The summed E-state index contributed by atoms with van der Waals surface area (Å²) in [7, 11) is 0. The minimum Gasteiger partial charge on any atom is -0.459 e. The molecule has 2 aliphatic rings. The lowest BCUT2D eigenvalue weighted by molar-refractivity contribution is 0.0730. The van der Waals surface area contributed by atoms with Gasteiger partial charge in [-0.2, -0.15) is 0 Å². The Balaban J connectivity index is 1.58. The first-order chi connectivity index (χ1) is 10.7. The summed E-state index contributed by atoms with van der Waals surface area (Å²) in [6.45, 7) is 3.30. The fourth-order valence-electron chi connectivity index (χ4n) is 3.20. The fourth-order valence-corrected chi connectivity index (χ4v) is 3.20. The van der Waals surface area contributed by atoms with Gasteiger partial charge in [-0.1, -0.05) is 0 Å². The summed E-state index contributed by atoms with van der Waals surface area (Å²) in [5, 5.41) is 0. The van der Waals surface area contributed by atoms with Crippen LogP contribution in [0.3, 0.4) is 0 Å². The van der Waals surface area contributed by atoms with E-state index < -0.39 is 0 Å². The molecular formula is C17H19N3O2. The Kier molecular flexibility index (Phi) is 3.21. The van der Waals surface area contributed by atoms with Gasteiger partial charge < -0.3 is 9.32 Å². The van der Waals surface area contributed by atoms with Crippen molar-refractivity contribution in [1.29, 1.82) is 0 Å². The zero-order valence-corrected chi connectivity index (χ0v) is 12.7. The quantitative estimate of drug-likeness (QED) is 0.854. The average molecular weight is 297 g/mol. The minimum atomic E-state index is -0.0174. The molecule has 2 aromatic heterocycles. The largest absolute Gasteiger partial charge is 0.459 e. The lowest BCUT2D eigenvalue weighted by Crippen LogP contribution is -2.33. The maximum absolute atomic E-state index is 12.6. The van der Waals surface area contributed by atoms with Crippen molar-refractivity contribution in [3.63, 3.8) is 0 Å². The molecule has 1 saturated carbocycles. The highest BCUT2D eigenvalue weighted by molar-refractivity contribution is 5.92. The first kappa shape index (κ1) is 13.5. The predicted octanol–water partition coefficient (Wildman–Crippen LogP) is 2.50. The molecule has 114 valence electrons. The second-order valence-electron chi connectivity index (χ2n) is 6.18. The number of hydrogen-bond acceptors (Lipinski definition) is 4. The third-order valence-electron chi connectivity index (χ3n) is 4.63. The molecule has 4 rings (SSSR count). The Bertz CT molecular complexity index is 718. The number of nitrogens with zero attached hydrogens (tertiary/aromatic N) is 3. The van der Waals surface area contributed by atoms with Crippen molar-refractivity contribution < 1.29 is 9.21 Å². The van der Waals surface area contributed by atoms with Crippen molar-refractivity contribution in [3.05, 3.63) is 46.9 Å². The molecule has 1 aliphatic heterocycles. The summed E-state index contributed by atoms with van der Waals surface area (Å²) < 4.78 is 5.35. The summed E-state index contributed by atoms with van der Waals surface area (Å²) in [5.41, 5.74) is 4.50. The van der Waals surface area contributed by atoms with E-state index in [0.29, 0.717) is 24.8 Å². The summed E-state index contributed by atoms with van der Waals surface area (Å²) in [6, 6.07) is 1.83. The van der Waals surface area contributed by atoms with Crippen LogP contribution >= 0.6 is 0 Å². The Hall–Kier alpha value is -2.17. The van der Waals surface area contributed by atoms with E-state index in [1.165, 1.54) is 24.1 Å². The maximum Gasteiger partial charge on any atom is 0.289 e. The molecular weight excluding hydrogens is 278 g/mol. The lowest BCUT2D eigenvalue weighted by Gasteiger charge is -2.19. The molecule has 0 aromatic carbocycles. The Labute approximate surface area is 129 Å². The number of amides is 1. The molecule has 2 aromatic rings. The van der Waals surface area contributed by atoms with Gasteiger partial charge in [0.15, 0.2) is 5.76 Å². The van der Waals surface area contributed by atoms with E-state index in [2.05, 4.69) is 9.97 Å². The van der Waals surface area contributed by atoms with E-state index >= 15 is 0 Å². The minimum absolute atomic E-state index is 0.0174. The molecule has 3 heterocycles. The molecule has 5 nitrogen and oxygen atoms in total. The number of rotatable bonds is 2. The van der Waals surface area contributed by atoms with E-state index in [9.17, 15) is 4.79 Å². The number of aryl methyl sites for hydroxylation is 1. The first-order valence-corrected chi connectivity index (χ1v) is 7.90. The Morgan fingerprint density at radius 3 is 2.82 bits per heavy atom. The van der Waals surface area contributed by atoms with Crippen LogP contribution in [0, 0.1) is 6.92 Å². The van der Waals surface area contributed by atoms with Gasteiger partial charge in [0, 0.05) is 36.7 Å². The van der Waals surface area contributed by atoms with Crippen LogP contribution in [0.1, 0.15) is 51.8 Å². The molecule has 0 bridgehead atoms. The lowest BCUT2D eigenvalue weighted by atomic mass is 10.0. The van der Waals surface area contributed by atoms with Gasteiger partial charge in [-0.05, 0) is 37.8 Å². The van der Waals surface area contributed by atoms with Gasteiger partial charge in [0.25, 0.3) is 5.91 Å². The van der Waals surface area contributed by atoms with E-state index in [1.54, 1.807) is 12.6 Å². The number of carbonyl (C=O) groups excluding carboxylic acids is 1. The van der Waals surface area contributed by atoms with Crippen LogP contribution in [-0.2, 0) is 12.8 Å². The number of hydrogen-bond donors (Lipinski definition) is 0. The van der Waals surface area contributed by atoms with E-state index in [0.717, 1.165) is 24.1 Å². The van der Waals surface area contributed by atoms with E-state index in [4.69, 9.17) is 4.42 Å². The average Bonchev–Trinajstić information content (AvgIpc) is 3.31. The monoisotopic (exact) mass is 297 g/mol. The molecule has 22 heavy (non-hydrogen) atoms. The van der Waals surface area contributed by atoms with Crippen molar-refractivity contribution in [3.8, 4) is 0 Å². The normalized spacial score (nSPS) is 18.0. The van der Waals surface area contributed by atoms with Gasteiger partial charge in [-0.15, -0.1) is 0 Å². The topological polar surface area (TPSA) is 59.2 Å². The molecule has 0 atom stereocenters. The van der Waals surface area contributed by atoms with Gasteiger partial charge in [0.2, 0.25) is 0 Å². The van der Waals surface area contributed by atoms with Crippen molar-refractivity contribution in [2.75, 3.05) is 13.1 Å². The highest BCUT2D eigenvalue weighted by atomic mass is 16.3. The summed E-state index contributed by atoms with van der Waals surface area (Å²) >= 11 is 0. The van der Waals surface area contributed by atoms with E-state index in [-0.39, 0.29) is 5.91 Å². The molecule has 1 fully saturated rings. The van der Waals surface area contributed by atoms with Crippen LogP contribution in [0.5, 0.6) is 0 Å². The number of fused-ring (bicyclic) bond motifs is 1. The number of aromatic nitrogens is 2. The summed E-state index contributed by atoms with van der Waals surface area (Å²) in [6.07, 6.45) is 7.36. The van der Waals surface area contributed by atoms with Gasteiger partial charge in [0.05, 0.1) is 12.0 Å². The third-order valence-corrected chi connectivity index (χ3v) is 4.63. The molecule has 0 N–H and O–H groups in total. The standard InChI is InChI=1S/C17H19N3O2/c1-11-6-9-22-16(11)17(21)20-7-4-13-14(5-8-20)18-10-19-15(13)12-2-3-12/h6,9-10,12H,2-5,7-8H2,1H3. The van der Waals surface area contributed by atoms with Crippen LogP contribution in [0.25, 0.3) is 0 Å². The van der Waals surface area contributed by atoms with Crippen molar-refractivity contribution in [1.82, 2.24) is 14.9 Å². The fraction of sp³-hybridized carbons (Fsp3) is 0.471. The van der Waals surface area contributed by atoms with E-state index in [1.807, 2.05) is 17.9 Å². The van der Waals surface area contributed by atoms with Crippen molar-refractivity contribution in [2.45, 2.75) is 38.5 Å². The van der Waals surface area contributed by atoms with Crippen molar-refractivity contribution >= 4 is 5.91 Å². The Morgan fingerprint density at radius 1 is 1.27 bits per heavy atom. The highest BCUT2D eigenvalue weighted by Gasteiger charge is 2.31. The molecule has 1 amide bonds. The van der Waals surface area contributed by atoms with Crippen molar-refractivity contribution in [2.24, 2.45) is 0 Å². The van der Waals surface area contributed by atoms with Gasteiger partial charge in [-0.3, -0.25) is 4.79 Å². The predicted molar refractivity (Wildman–Crippen MR) is 80.8 cm³/mol. The van der Waals surface area contributed by atoms with Crippen LogP contribution in [0.4, 0.5) is 0 Å². The van der Waals surface area contributed by atoms with Crippen LogP contribution < -0.4 is 0 Å². The molecule has 0 saturated heterocycles. The van der Waals surface area contributed by atoms with Crippen LogP contribution in [-0.4, -0.2) is 33.9 Å². The second-order valence-corrected chi connectivity index (χ2v) is 6.18. The summed E-state index contributed by atoms with van der Waals surface area (Å²) in [4.78, 5) is 23.4. The number of furan rings is 1.